The number of piperidine rings is 1. The van der Waals surface area contributed by atoms with Crippen LogP contribution in [0.3, 0.4) is 0 Å². The van der Waals surface area contributed by atoms with Crippen LogP contribution in [0.2, 0.25) is 0 Å². The summed E-state index contributed by atoms with van der Waals surface area (Å²) in [6, 6.07) is 3.79. The molecule has 3 fully saturated rings. The highest BCUT2D eigenvalue weighted by Crippen LogP contribution is 2.77. The van der Waals surface area contributed by atoms with Gasteiger partial charge in [0.1, 0.15) is 11.7 Å². The molecule has 8 heteroatoms. The van der Waals surface area contributed by atoms with E-state index in [0.29, 0.717) is 18.8 Å². The zero-order valence-electron chi connectivity index (χ0n) is 21.0. The van der Waals surface area contributed by atoms with Crippen molar-refractivity contribution in [1.82, 2.24) is 9.80 Å². The number of ether oxygens (including phenoxy) is 2. The number of likely N-dealkylation sites (N-methyl/N-ethyl adjacent to an activating group) is 1. The molecule has 1 aromatic rings. The lowest BCUT2D eigenvalue weighted by Crippen LogP contribution is -2.82. The van der Waals surface area contributed by atoms with Crippen LogP contribution < -0.4 is 10.5 Å². The lowest BCUT2D eigenvalue weighted by Gasteiger charge is -2.71. The first-order chi connectivity index (χ1) is 17.4. The van der Waals surface area contributed by atoms with E-state index in [2.05, 4.69) is 18.0 Å². The molecule has 0 aromatic heterocycles. The molecule has 4 aliphatic carbocycles. The van der Waals surface area contributed by atoms with Gasteiger partial charge in [0.25, 0.3) is 0 Å². The van der Waals surface area contributed by atoms with Crippen LogP contribution in [0.1, 0.15) is 43.2 Å². The van der Waals surface area contributed by atoms with Crippen molar-refractivity contribution in [3.63, 3.8) is 0 Å². The largest absolute Gasteiger partial charge is 0.504 e. The summed E-state index contributed by atoms with van der Waals surface area (Å²) in [6.07, 6.45) is 9.01. The number of carbonyl (C=O) groups is 2. The first-order valence-corrected chi connectivity index (χ1v) is 13.4. The lowest BCUT2D eigenvalue weighted by atomic mass is 9.34. The highest BCUT2D eigenvalue weighted by atomic mass is 16.6. The molecule has 8 rings (SSSR count). The van der Waals surface area contributed by atoms with E-state index in [1.165, 1.54) is 10.5 Å². The second-order valence-corrected chi connectivity index (χ2v) is 11.7. The molecule has 192 valence electrons. The van der Waals surface area contributed by atoms with E-state index in [1.54, 1.807) is 13.2 Å². The fourth-order valence-electron chi connectivity index (χ4n) is 9.26. The van der Waals surface area contributed by atoms with Gasteiger partial charge in [0.15, 0.2) is 11.5 Å². The highest BCUT2D eigenvalue weighted by molar-refractivity contribution is 6.07. The Bertz CT molecular complexity index is 1200. The predicted molar refractivity (Wildman–Crippen MR) is 131 cm³/mol. The van der Waals surface area contributed by atoms with Gasteiger partial charge in [0.2, 0.25) is 11.8 Å². The number of aromatic hydroxyl groups is 1. The molecule has 2 saturated heterocycles. The van der Waals surface area contributed by atoms with Crippen molar-refractivity contribution in [2.75, 3.05) is 33.8 Å². The molecule has 36 heavy (non-hydrogen) atoms. The van der Waals surface area contributed by atoms with Crippen molar-refractivity contribution in [3.05, 3.63) is 35.4 Å². The van der Waals surface area contributed by atoms with Crippen molar-refractivity contribution in [2.24, 2.45) is 23.0 Å². The molecule has 7 aliphatic rings. The smallest absolute Gasteiger partial charge is 0.236 e. The Hall–Kier alpha value is -2.42. The average Bonchev–Trinajstić information content (AvgIpc) is 3.38. The van der Waals surface area contributed by atoms with Gasteiger partial charge in [-0.15, -0.1) is 0 Å². The maximum Gasteiger partial charge on any atom is 0.236 e. The fourth-order valence-corrected chi connectivity index (χ4v) is 9.26. The lowest BCUT2D eigenvalue weighted by molar-refractivity contribution is -0.229. The molecular weight excluding hydrogens is 458 g/mol. The number of methoxy groups -OCH3 is 1. The van der Waals surface area contributed by atoms with E-state index < -0.39 is 34.4 Å². The van der Waals surface area contributed by atoms with Crippen LogP contribution in [0.5, 0.6) is 11.5 Å². The Morgan fingerprint density at radius 3 is 2.69 bits per heavy atom. The first-order valence-electron chi connectivity index (χ1n) is 13.4. The van der Waals surface area contributed by atoms with E-state index in [-0.39, 0.29) is 23.6 Å². The fraction of sp³-hybridized carbons (Fsp3) is 0.643. The summed E-state index contributed by atoms with van der Waals surface area (Å²) in [5, 5.41) is 10.9. The number of amides is 2. The van der Waals surface area contributed by atoms with E-state index >= 15 is 0 Å². The van der Waals surface area contributed by atoms with Crippen LogP contribution in [0.25, 0.3) is 0 Å². The highest BCUT2D eigenvalue weighted by Gasteiger charge is 2.85. The summed E-state index contributed by atoms with van der Waals surface area (Å²) in [7, 11) is 3.77. The van der Waals surface area contributed by atoms with Crippen molar-refractivity contribution < 1.29 is 24.2 Å². The standard InChI is InChI=1S/C28H35N3O5/c1-30-14-11-27-19-16-7-8-17(32)22(19)36-25(27)28(35-2)10-9-26(27,18(30)15-16)20-21(28)24(34)31(23(20)33)13-6-4-3-5-12-29/h7-10,18,20-21,25,32H,3-6,11-15,29H2,1-2H3/t18-,20+,21-,25-,26+,27+,28-/m1/s1. The summed E-state index contributed by atoms with van der Waals surface area (Å²) in [5.41, 5.74) is 5.67. The summed E-state index contributed by atoms with van der Waals surface area (Å²) in [5.74, 6) is -0.698. The molecule has 2 spiro atoms. The molecule has 1 aromatic carbocycles. The minimum Gasteiger partial charge on any atom is -0.504 e. The van der Waals surface area contributed by atoms with Gasteiger partial charge >= 0.3 is 0 Å². The zero-order chi connectivity index (χ0) is 25.0. The number of nitrogens with two attached hydrogens (primary N) is 1. The van der Waals surface area contributed by atoms with Crippen molar-refractivity contribution in [3.8, 4) is 11.5 Å². The molecule has 4 bridgehead atoms. The Balaban J connectivity index is 1.41. The van der Waals surface area contributed by atoms with Crippen LogP contribution in [0.15, 0.2) is 24.3 Å². The molecule has 2 amide bonds. The van der Waals surface area contributed by atoms with Gasteiger partial charge in [-0.1, -0.05) is 31.1 Å². The van der Waals surface area contributed by atoms with Gasteiger partial charge in [0, 0.05) is 30.7 Å². The molecule has 7 atom stereocenters. The molecule has 3 N–H and O–H groups in total. The maximum absolute atomic E-state index is 14.3. The number of rotatable bonds is 7. The predicted octanol–water partition coefficient (Wildman–Crippen LogP) is 1.73. The third kappa shape index (κ3) is 2.25. The Morgan fingerprint density at radius 2 is 1.92 bits per heavy atom. The minimum absolute atomic E-state index is 0.0560. The van der Waals surface area contributed by atoms with Gasteiger partial charge in [-0.25, -0.2) is 0 Å². The first kappa shape index (κ1) is 22.8. The quantitative estimate of drug-likeness (QED) is 0.339. The average molecular weight is 494 g/mol. The Labute approximate surface area is 211 Å². The van der Waals surface area contributed by atoms with Crippen LogP contribution >= 0.6 is 0 Å². The number of carbonyl (C=O) groups excluding carboxylic acids is 2. The van der Waals surface area contributed by atoms with Crippen molar-refractivity contribution in [2.45, 2.75) is 61.7 Å². The van der Waals surface area contributed by atoms with Gasteiger partial charge in [-0.2, -0.15) is 0 Å². The normalized spacial score (nSPS) is 41.0. The van der Waals surface area contributed by atoms with Crippen LogP contribution in [-0.4, -0.2) is 78.3 Å². The zero-order valence-corrected chi connectivity index (χ0v) is 21.0. The summed E-state index contributed by atoms with van der Waals surface area (Å²) < 4.78 is 13.0. The molecular formula is C28H35N3O5. The Kier molecular flexibility index (Phi) is 4.63. The van der Waals surface area contributed by atoms with Crippen LogP contribution in [0.4, 0.5) is 0 Å². The number of hydrogen-bond donors (Lipinski definition) is 2. The number of benzene rings is 1. The minimum atomic E-state index is -1.06. The third-order valence-electron chi connectivity index (χ3n) is 10.6. The summed E-state index contributed by atoms with van der Waals surface area (Å²) >= 11 is 0. The number of likely N-dealkylation sites (tertiary alicyclic amines) is 2. The van der Waals surface area contributed by atoms with E-state index in [9.17, 15) is 14.7 Å². The van der Waals surface area contributed by atoms with E-state index in [4.69, 9.17) is 15.2 Å². The molecule has 3 heterocycles. The third-order valence-corrected chi connectivity index (χ3v) is 10.6. The van der Waals surface area contributed by atoms with Crippen LogP contribution in [-0.2, 0) is 26.2 Å². The number of hydrogen-bond acceptors (Lipinski definition) is 7. The monoisotopic (exact) mass is 493 g/mol. The Morgan fingerprint density at radius 1 is 1.14 bits per heavy atom. The van der Waals surface area contributed by atoms with Gasteiger partial charge < -0.3 is 25.2 Å². The van der Waals surface area contributed by atoms with E-state index in [0.717, 1.165) is 50.6 Å². The molecule has 1 saturated carbocycles. The summed E-state index contributed by atoms with van der Waals surface area (Å²) in [4.78, 5) is 32.3. The maximum atomic E-state index is 14.3. The topological polar surface area (TPSA) is 105 Å². The number of nitrogens with zero attached hydrogens (tertiary/aromatic N) is 2. The number of imide groups is 1. The van der Waals surface area contributed by atoms with Gasteiger partial charge in [0.05, 0.1) is 17.3 Å². The molecule has 3 aliphatic heterocycles. The molecule has 8 nitrogen and oxygen atoms in total. The molecule has 0 unspecified atom stereocenters. The number of phenolic OH excluding ortho intramolecular Hbond substituents is 1. The number of unbranched alkanes of at least 4 members (excludes halogenated alkanes) is 3. The van der Waals surface area contributed by atoms with E-state index in [1.807, 2.05) is 12.1 Å². The molecule has 0 radical (unpaired) electrons. The van der Waals surface area contributed by atoms with Crippen LogP contribution in [0, 0.1) is 17.3 Å². The van der Waals surface area contributed by atoms with Gasteiger partial charge in [-0.3, -0.25) is 14.5 Å². The van der Waals surface area contributed by atoms with Crippen molar-refractivity contribution in [1.29, 1.82) is 0 Å². The van der Waals surface area contributed by atoms with Gasteiger partial charge in [-0.05, 0) is 57.5 Å². The van der Waals surface area contributed by atoms with Crippen molar-refractivity contribution >= 4 is 11.8 Å². The number of phenols is 1. The second-order valence-electron chi connectivity index (χ2n) is 11.7. The SMILES string of the molecule is CO[C@]12C=C[C@@]3([C@@H]4C(=O)N(CCCCCCN)C(=O)[C@@H]41)[C@H]1Cc4ccc(O)c5c4[C@@]3(CCN1C)[C@H]2O5. The second kappa shape index (κ2) is 7.33. The summed E-state index contributed by atoms with van der Waals surface area (Å²) in [6.45, 7) is 1.96.